The standard InChI is InChI=1S/C19H25NOS/c1-3-4-5-6-10-15(2)21-19(22)20-18-14-9-12-16-11-7-8-13-17(16)18/h7-9,11-15H,3-6,10H2,1-2H3,(H,20,22). The lowest BCUT2D eigenvalue weighted by molar-refractivity contribution is 0.198. The highest BCUT2D eigenvalue weighted by molar-refractivity contribution is 7.80. The molecular formula is C19H25NOS. The third-order valence-electron chi connectivity index (χ3n) is 3.80. The zero-order valence-electron chi connectivity index (χ0n) is 13.5. The summed E-state index contributed by atoms with van der Waals surface area (Å²) in [5.41, 5.74) is 1.00. The summed E-state index contributed by atoms with van der Waals surface area (Å²) in [6.07, 6.45) is 6.24. The fourth-order valence-electron chi connectivity index (χ4n) is 2.57. The maximum atomic E-state index is 5.80. The van der Waals surface area contributed by atoms with Crippen LogP contribution in [-0.2, 0) is 4.74 Å². The van der Waals surface area contributed by atoms with E-state index in [9.17, 15) is 0 Å². The van der Waals surface area contributed by atoms with Crippen LogP contribution in [0.15, 0.2) is 42.5 Å². The summed E-state index contributed by atoms with van der Waals surface area (Å²) < 4.78 is 5.80. The van der Waals surface area contributed by atoms with Crippen molar-refractivity contribution in [2.45, 2.75) is 52.1 Å². The number of nitrogens with one attached hydrogen (secondary N) is 1. The molecule has 1 N–H and O–H groups in total. The number of thiocarbonyl (C=S) groups is 1. The van der Waals surface area contributed by atoms with Crippen LogP contribution in [0.4, 0.5) is 5.69 Å². The van der Waals surface area contributed by atoms with Gasteiger partial charge >= 0.3 is 0 Å². The van der Waals surface area contributed by atoms with Crippen molar-refractivity contribution in [3.63, 3.8) is 0 Å². The molecule has 0 radical (unpaired) electrons. The van der Waals surface area contributed by atoms with Crippen LogP contribution in [0.1, 0.15) is 46.0 Å². The second kappa shape index (κ2) is 8.74. The van der Waals surface area contributed by atoms with E-state index in [1.165, 1.54) is 31.1 Å². The van der Waals surface area contributed by atoms with Crippen molar-refractivity contribution >= 4 is 33.9 Å². The first-order valence-electron chi connectivity index (χ1n) is 8.16. The first kappa shape index (κ1) is 16.8. The number of hydrogen-bond acceptors (Lipinski definition) is 2. The molecule has 0 amide bonds. The molecule has 22 heavy (non-hydrogen) atoms. The largest absolute Gasteiger partial charge is 0.468 e. The molecule has 2 aromatic carbocycles. The zero-order chi connectivity index (χ0) is 15.8. The summed E-state index contributed by atoms with van der Waals surface area (Å²) in [5.74, 6) is 0. The Balaban J connectivity index is 1.88. The van der Waals surface area contributed by atoms with Gasteiger partial charge in [-0.3, -0.25) is 0 Å². The fourth-order valence-corrected chi connectivity index (χ4v) is 2.85. The summed E-state index contributed by atoms with van der Waals surface area (Å²) >= 11 is 5.34. The van der Waals surface area contributed by atoms with E-state index < -0.39 is 0 Å². The average molecular weight is 315 g/mol. The van der Waals surface area contributed by atoms with Gasteiger partial charge in [-0.1, -0.05) is 62.6 Å². The van der Waals surface area contributed by atoms with Crippen molar-refractivity contribution < 1.29 is 4.74 Å². The minimum Gasteiger partial charge on any atom is -0.468 e. The molecule has 0 aliphatic rings. The van der Waals surface area contributed by atoms with Gasteiger partial charge in [0.05, 0.1) is 6.10 Å². The first-order chi connectivity index (χ1) is 10.7. The average Bonchev–Trinajstić information content (AvgIpc) is 2.52. The third kappa shape index (κ3) is 4.99. The Labute approximate surface area is 138 Å². The normalized spacial score (nSPS) is 12.1. The van der Waals surface area contributed by atoms with Gasteiger partial charge in [0.25, 0.3) is 5.17 Å². The topological polar surface area (TPSA) is 21.3 Å². The minimum atomic E-state index is 0.159. The van der Waals surface area contributed by atoms with E-state index >= 15 is 0 Å². The molecule has 0 aromatic heterocycles. The van der Waals surface area contributed by atoms with E-state index in [1.54, 1.807) is 0 Å². The lowest BCUT2D eigenvalue weighted by Crippen LogP contribution is -2.20. The Kier molecular flexibility index (Phi) is 6.66. The molecule has 118 valence electrons. The van der Waals surface area contributed by atoms with Crippen LogP contribution in [0.3, 0.4) is 0 Å². The Morgan fingerprint density at radius 3 is 2.68 bits per heavy atom. The van der Waals surface area contributed by atoms with E-state index in [1.807, 2.05) is 24.3 Å². The number of rotatable bonds is 7. The number of ether oxygens (including phenoxy) is 1. The molecule has 0 saturated carbocycles. The Morgan fingerprint density at radius 1 is 1.09 bits per heavy atom. The molecular weight excluding hydrogens is 290 g/mol. The summed E-state index contributed by atoms with van der Waals surface area (Å²) in [5, 5.41) is 6.04. The van der Waals surface area contributed by atoms with E-state index in [0.29, 0.717) is 5.17 Å². The monoisotopic (exact) mass is 315 g/mol. The summed E-state index contributed by atoms with van der Waals surface area (Å²) in [7, 11) is 0. The first-order valence-corrected chi connectivity index (χ1v) is 8.57. The van der Waals surface area contributed by atoms with Gasteiger partial charge in [0.2, 0.25) is 0 Å². The van der Waals surface area contributed by atoms with Gasteiger partial charge in [0, 0.05) is 11.1 Å². The summed E-state index contributed by atoms with van der Waals surface area (Å²) in [4.78, 5) is 0. The van der Waals surface area contributed by atoms with Crippen LogP contribution < -0.4 is 5.32 Å². The number of hydrogen-bond donors (Lipinski definition) is 1. The molecule has 0 bridgehead atoms. The number of fused-ring (bicyclic) bond motifs is 1. The van der Waals surface area contributed by atoms with Crippen molar-refractivity contribution in [2.24, 2.45) is 0 Å². The van der Waals surface area contributed by atoms with Gasteiger partial charge in [0.1, 0.15) is 0 Å². The maximum Gasteiger partial charge on any atom is 0.261 e. The SMILES string of the molecule is CCCCCCC(C)OC(=S)Nc1cccc2ccccc12. The molecule has 3 heteroatoms. The molecule has 0 heterocycles. The predicted molar refractivity (Wildman–Crippen MR) is 99.5 cm³/mol. The summed E-state index contributed by atoms with van der Waals surface area (Å²) in [6.45, 7) is 4.31. The molecule has 0 aliphatic heterocycles. The quantitative estimate of drug-likeness (QED) is 0.507. The highest BCUT2D eigenvalue weighted by Crippen LogP contribution is 2.23. The molecule has 0 saturated heterocycles. The fraction of sp³-hybridized carbons (Fsp3) is 0.421. The van der Waals surface area contributed by atoms with Crippen LogP contribution in [0, 0.1) is 0 Å². The van der Waals surface area contributed by atoms with Crippen molar-refractivity contribution in [3.05, 3.63) is 42.5 Å². The van der Waals surface area contributed by atoms with Crippen molar-refractivity contribution in [2.75, 3.05) is 5.32 Å². The zero-order valence-corrected chi connectivity index (χ0v) is 14.3. The smallest absolute Gasteiger partial charge is 0.261 e. The highest BCUT2D eigenvalue weighted by atomic mass is 32.1. The van der Waals surface area contributed by atoms with E-state index in [0.717, 1.165) is 17.5 Å². The van der Waals surface area contributed by atoms with Gasteiger partial charge < -0.3 is 10.1 Å². The Bertz CT molecular complexity index is 606. The number of anilines is 1. The van der Waals surface area contributed by atoms with E-state index in [-0.39, 0.29) is 6.10 Å². The van der Waals surface area contributed by atoms with Crippen LogP contribution in [0.5, 0.6) is 0 Å². The van der Waals surface area contributed by atoms with Crippen molar-refractivity contribution in [1.29, 1.82) is 0 Å². The maximum absolute atomic E-state index is 5.80. The molecule has 0 fully saturated rings. The van der Waals surface area contributed by atoms with Crippen LogP contribution in [-0.4, -0.2) is 11.3 Å². The Morgan fingerprint density at radius 2 is 1.86 bits per heavy atom. The second-order valence-electron chi connectivity index (χ2n) is 5.72. The van der Waals surface area contributed by atoms with Gasteiger partial charge in [-0.2, -0.15) is 0 Å². The summed E-state index contributed by atoms with van der Waals surface area (Å²) in [6, 6.07) is 14.4. The second-order valence-corrected chi connectivity index (χ2v) is 6.09. The molecule has 0 aliphatic carbocycles. The Hall–Kier alpha value is -1.61. The van der Waals surface area contributed by atoms with Crippen molar-refractivity contribution in [3.8, 4) is 0 Å². The van der Waals surface area contributed by atoms with E-state index in [2.05, 4.69) is 37.4 Å². The van der Waals surface area contributed by atoms with Gasteiger partial charge in [-0.25, -0.2) is 0 Å². The van der Waals surface area contributed by atoms with Crippen LogP contribution in [0.2, 0.25) is 0 Å². The molecule has 2 rings (SSSR count). The van der Waals surface area contributed by atoms with E-state index in [4.69, 9.17) is 17.0 Å². The van der Waals surface area contributed by atoms with Crippen molar-refractivity contribution in [1.82, 2.24) is 0 Å². The van der Waals surface area contributed by atoms with Gasteiger partial charge in [-0.15, -0.1) is 0 Å². The van der Waals surface area contributed by atoms with Gasteiger partial charge in [-0.05, 0) is 43.4 Å². The molecule has 0 spiro atoms. The molecule has 1 unspecified atom stereocenters. The lowest BCUT2D eigenvalue weighted by atomic mass is 10.1. The lowest BCUT2D eigenvalue weighted by Gasteiger charge is -2.17. The molecule has 1 atom stereocenters. The third-order valence-corrected chi connectivity index (χ3v) is 4.00. The van der Waals surface area contributed by atoms with Crippen LogP contribution >= 0.6 is 12.2 Å². The molecule has 2 nitrogen and oxygen atoms in total. The number of benzene rings is 2. The van der Waals surface area contributed by atoms with Gasteiger partial charge in [0.15, 0.2) is 0 Å². The highest BCUT2D eigenvalue weighted by Gasteiger charge is 2.08. The number of unbranched alkanes of at least 4 members (excludes halogenated alkanes) is 3. The minimum absolute atomic E-state index is 0.159. The predicted octanol–water partition coefficient (Wildman–Crippen LogP) is 5.91. The van der Waals surface area contributed by atoms with Crippen LogP contribution in [0.25, 0.3) is 10.8 Å². The molecule has 2 aromatic rings.